The topological polar surface area (TPSA) is 61.8 Å². The molecule has 2 aliphatic rings. The zero-order valence-corrected chi connectivity index (χ0v) is 11.5. The van der Waals surface area contributed by atoms with Gasteiger partial charge in [0.05, 0.1) is 0 Å². The van der Waals surface area contributed by atoms with Crippen molar-refractivity contribution in [1.82, 2.24) is 4.90 Å². The molecule has 4 nitrogen and oxygen atoms in total. The third kappa shape index (κ3) is 3.52. The van der Waals surface area contributed by atoms with E-state index in [1.54, 1.807) is 0 Å². The van der Waals surface area contributed by atoms with Gasteiger partial charge in [0.15, 0.2) is 0 Å². The molecule has 1 aliphatic heterocycles. The van der Waals surface area contributed by atoms with Crippen LogP contribution in [0.1, 0.15) is 33.1 Å². The van der Waals surface area contributed by atoms with Crippen molar-refractivity contribution in [3.63, 3.8) is 0 Å². The minimum Gasteiger partial charge on any atom is -0.409 e. The minimum absolute atomic E-state index is 0.303. The lowest BCUT2D eigenvalue weighted by atomic mass is 10.0. The van der Waals surface area contributed by atoms with Gasteiger partial charge in [-0.1, -0.05) is 19.0 Å². The number of nitrogens with zero attached hydrogens (tertiary/aromatic N) is 2. The monoisotopic (exact) mass is 257 g/mol. The van der Waals surface area contributed by atoms with Gasteiger partial charge in [-0.25, -0.2) is 0 Å². The number of thioether (sulfide) groups is 1. The molecule has 2 unspecified atom stereocenters. The van der Waals surface area contributed by atoms with Gasteiger partial charge in [-0.05, 0) is 18.3 Å². The predicted octanol–water partition coefficient (Wildman–Crippen LogP) is 1.73. The molecule has 5 heteroatoms. The second-order valence-corrected chi connectivity index (χ2v) is 7.60. The van der Waals surface area contributed by atoms with Crippen molar-refractivity contribution in [3.8, 4) is 0 Å². The normalized spacial score (nSPS) is 33.6. The van der Waals surface area contributed by atoms with Gasteiger partial charge in [0.2, 0.25) is 0 Å². The number of hydrogen-bond acceptors (Lipinski definition) is 4. The first-order valence-electron chi connectivity index (χ1n) is 6.37. The number of rotatable bonds is 4. The Morgan fingerprint density at radius 2 is 2.00 bits per heavy atom. The molecule has 3 N–H and O–H groups in total. The van der Waals surface area contributed by atoms with Crippen molar-refractivity contribution in [2.75, 3.05) is 19.6 Å². The van der Waals surface area contributed by atoms with E-state index < -0.39 is 0 Å². The molecule has 1 saturated carbocycles. The SMILES string of the molecule is CC1CN(CC2(CC(N)=NO)CC2)CC(C)S1. The van der Waals surface area contributed by atoms with Crippen LogP contribution in [0.15, 0.2) is 5.16 Å². The summed E-state index contributed by atoms with van der Waals surface area (Å²) >= 11 is 2.08. The van der Waals surface area contributed by atoms with Gasteiger partial charge < -0.3 is 15.8 Å². The van der Waals surface area contributed by atoms with Crippen LogP contribution in [0.4, 0.5) is 0 Å². The van der Waals surface area contributed by atoms with Crippen LogP contribution in [0.5, 0.6) is 0 Å². The second-order valence-electron chi connectivity index (χ2n) is 5.72. The highest BCUT2D eigenvalue weighted by atomic mass is 32.2. The molecule has 1 aliphatic carbocycles. The lowest BCUT2D eigenvalue weighted by molar-refractivity contribution is 0.218. The van der Waals surface area contributed by atoms with Crippen LogP contribution >= 0.6 is 11.8 Å². The number of amidine groups is 1. The Balaban J connectivity index is 1.88. The smallest absolute Gasteiger partial charge is 0.139 e. The summed E-state index contributed by atoms with van der Waals surface area (Å²) < 4.78 is 0. The molecule has 0 bridgehead atoms. The number of oxime groups is 1. The lowest BCUT2D eigenvalue weighted by Gasteiger charge is -2.36. The molecule has 0 aromatic rings. The third-order valence-electron chi connectivity index (χ3n) is 3.70. The molecule has 0 aromatic carbocycles. The third-order valence-corrected chi connectivity index (χ3v) is 4.92. The molecule has 0 aromatic heterocycles. The maximum Gasteiger partial charge on any atom is 0.139 e. The summed E-state index contributed by atoms with van der Waals surface area (Å²) in [4.78, 5) is 2.56. The Bertz CT molecular complexity index is 294. The van der Waals surface area contributed by atoms with Gasteiger partial charge in [-0.2, -0.15) is 11.8 Å². The molecule has 98 valence electrons. The Labute approximate surface area is 108 Å². The van der Waals surface area contributed by atoms with E-state index in [0.29, 0.717) is 11.3 Å². The first-order valence-corrected chi connectivity index (χ1v) is 7.31. The molecule has 2 fully saturated rings. The molecule has 2 rings (SSSR count). The quantitative estimate of drug-likeness (QED) is 0.348. The average molecular weight is 257 g/mol. The Morgan fingerprint density at radius 3 is 2.47 bits per heavy atom. The Kier molecular flexibility index (Phi) is 3.88. The van der Waals surface area contributed by atoms with Gasteiger partial charge in [0.1, 0.15) is 5.84 Å². The van der Waals surface area contributed by atoms with E-state index in [1.807, 2.05) is 0 Å². The molecule has 2 atom stereocenters. The second kappa shape index (κ2) is 5.06. The van der Waals surface area contributed by atoms with Gasteiger partial charge in [-0.3, -0.25) is 0 Å². The highest BCUT2D eigenvalue weighted by Gasteiger charge is 2.45. The van der Waals surface area contributed by atoms with E-state index in [9.17, 15) is 0 Å². The van der Waals surface area contributed by atoms with E-state index >= 15 is 0 Å². The van der Waals surface area contributed by atoms with Crippen LogP contribution in [0.3, 0.4) is 0 Å². The van der Waals surface area contributed by atoms with Crippen molar-refractivity contribution in [3.05, 3.63) is 0 Å². The van der Waals surface area contributed by atoms with Gasteiger partial charge in [0.25, 0.3) is 0 Å². The van der Waals surface area contributed by atoms with Crippen LogP contribution in [0.2, 0.25) is 0 Å². The standard InChI is InChI=1S/C12H23N3OS/c1-9-6-15(7-10(2)17-9)8-12(3-4-12)5-11(13)14-16/h9-10,16H,3-8H2,1-2H3,(H2,13,14). The zero-order chi connectivity index (χ0) is 12.5. The summed E-state index contributed by atoms with van der Waals surface area (Å²) in [7, 11) is 0. The van der Waals surface area contributed by atoms with Crippen molar-refractivity contribution in [2.45, 2.75) is 43.6 Å². The van der Waals surface area contributed by atoms with Crippen LogP contribution in [-0.2, 0) is 0 Å². The number of hydrogen-bond donors (Lipinski definition) is 2. The van der Waals surface area contributed by atoms with Crippen LogP contribution in [0, 0.1) is 5.41 Å². The average Bonchev–Trinajstić information content (AvgIpc) is 2.95. The van der Waals surface area contributed by atoms with E-state index in [1.165, 1.54) is 25.9 Å². The highest BCUT2D eigenvalue weighted by Crippen LogP contribution is 2.49. The van der Waals surface area contributed by atoms with Crippen LogP contribution in [-0.4, -0.2) is 46.1 Å². The van der Waals surface area contributed by atoms with E-state index in [0.717, 1.165) is 23.5 Å². The summed E-state index contributed by atoms with van der Waals surface area (Å²) in [6.07, 6.45) is 3.18. The fraction of sp³-hybridized carbons (Fsp3) is 0.917. The molecule has 1 heterocycles. The zero-order valence-electron chi connectivity index (χ0n) is 10.7. The molecular formula is C12H23N3OS. The van der Waals surface area contributed by atoms with Crippen molar-refractivity contribution in [2.24, 2.45) is 16.3 Å². The van der Waals surface area contributed by atoms with E-state index in [2.05, 4.69) is 35.7 Å². The predicted molar refractivity (Wildman–Crippen MR) is 72.6 cm³/mol. The highest BCUT2D eigenvalue weighted by molar-refractivity contribution is 8.00. The fourth-order valence-electron chi connectivity index (χ4n) is 2.87. The van der Waals surface area contributed by atoms with Crippen molar-refractivity contribution in [1.29, 1.82) is 0 Å². The minimum atomic E-state index is 0.303. The Hall–Kier alpha value is -0.420. The molecule has 1 saturated heterocycles. The summed E-state index contributed by atoms with van der Waals surface area (Å²) in [6.45, 7) is 8.06. The van der Waals surface area contributed by atoms with Gasteiger partial charge >= 0.3 is 0 Å². The molecule has 0 spiro atoms. The first-order chi connectivity index (χ1) is 8.03. The van der Waals surface area contributed by atoms with Crippen LogP contribution < -0.4 is 5.73 Å². The van der Waals surface area contributed by atoms with Gasteiger partial charge in [-0.15, -0.1) is 0 Å². The van der Waals surface area contributed by atoms with Crippen molar-refractivity contribution < 1.29 is 5.21 Å². The summed E-state index contributed by atoms with van der Waals surface area (Å²) in [5, 5.41) is 13.2. The van der Waals surface area contributed by atoms with Crippen LogP contribution in [0.25, 0.3) is 0 Å². The van der Waals surface area contributed by atoms with E-state index in [4.69, 9.17) is 10.9 Å². The molecular weight excluding hydrogens is 234 g/mol. The maximum atomic E-state index is 8.66. The van der Waals surface area contributed by atoms with Crippen molar-refractivity contribution >= 4 is 17.6 Å². The molecule has 17 heavy (non-hydrogen) atoms. The first kappa shape index (κ1) is 13.0. The fourth-order valence-corrected chi connectivity index (χ4v) is 4.26. The number of nitrogens with two attached hydrogens (primary N) is 1. The van der Waals surface area contributed by atoms with E-state index in [-0.39, 0.29) is 0 Å². The van der Waals surface area contributed by atoms with Gasteiger partial charge in [0, 0.05) is 36.6 Å². The summed E-state index contributed by atoms with van der Waals surface area (Å²) in [6, 6.07) is 0. The molecule has 0 radical (unpaired) electrons. The lowest BCUT2D eigenvalue weighted by Crippen LogP contribution is -2.43. The summed E-state index contributed by atoms with van der Waals surface area (Å²) in [5.74, 6) is 0.384. The largest absolute Gasteiger partial charge is 0.409 e. The molecule has 0 amide bonds. The maximum absolute atomic E-state index is 8.66. The summed E-state index contributed by atoms with van der Waals surface area (Å²) in [5.41, 5.74) is 5.94. The Morgan fingerprint density at radius 1 is 1.41 bits per heavy atom.